The standard InChI is InChI=1S/C24H30O6/c1-26-17-8-6-15(7-9-17)20-14-18(27-2)10-11-19(20)23(25)16-12-21(28-3)24(30-5)22(13-16)29-4/h6-9,12-13,18-20H,10-11,14H2,1-5H3. The number of ether oxygens (including phenoxy) is 5. The van der Waals surface area contributed by atoms with E-state index in [1.54, 1.807) is 47.7 Å². The second kappa shape index (κ2) is 9.85. The molecule has 30 heavy (non-hydrogen) atoms. The van der Waals surface area contributed by atoms with Crippen LogP contribution in [0.3, 0.4) is 0 Å². The lowest BCUT2D eigenvalue weighted by Crippen LogP contribution is -2.32. The highest BCUT2D eigenvalue weighted by Gasteiger charge is 2.37. The second-order valence-corrected chi connectivity index (χ2v) is 7.44. The van der Waals surface area contributed by atoms with E-state index < -0.39 is 0 Å². The van der Waals surface area contributed by atoms with Gasteiger partial charge in [0.1, 0.15) is 5.75 Å². The van der Waals surface area contributed by atoms with E-state index in [1.165, 1.54) is 0 Å². The number of hydrogen-bond acceptors (Lipinski definition) is 6. The summed E-state index contributed by atoms with van der Waals surface area (Å²) in [6.07, 6.45) is 2.54. The molecule has 3 atom stereocenters. The van der Waals surface area contributed by atoms with Gasteiger partial charge in [0.15, 0.2) is 17.3 Å². The highest BCUT2D eigenvalue weighted by Crippen LogP contribution is 2.43. The molecule has 0 spiro atoms. The molecule has 2 aromatic carbocycles. The van der Waals surface area contributed by atoms with Gasteiger partial charge in [-0.1, -0.05) is 12.1 Å². The van der Waals surface area contributed by atoms with Crippen molar-refractivity contribution >= 4 is 5.78 Å². The van der Waals surface area contributed by atoms with Crippen LogP contribution in [0.5, 0.6) is 23.0 Å². The van der Waals surface area contributed by atoms with Crippen LogP contribution in [0.15, 0.2) is 36.4 Å². The lowest BCUT2D eigenvalue weighted by Gasteiger charge is -2.35. The first-order valence-corrected chi connectivity index (χ1v) is 10.1. The highest BCUT2D eigenvalue weighted by atomic mass is 16.5. The zero-order valence-corrected chi connectivity index (χ0v) is 18.3. The lowest BCUT2D eigenvalue weighted by atomic mass is 9.71. The minimum absolute atomic E-state index is 0.0567. The first kappa shape index (κ1) is 22.0. The van der Waals surface area contributed by atoms with E-state index in [0.717, 1.165) is 30.6 Å². The van der Waals surface area contributed by atoms with E-state index in [0.29, 0.717) is 22.8 Å². The van der Waals surface area contributed by atoms with E-state index in [2.05, 4.69) is 0 Å². The van der Waals surface area contributed by atoms with Crippen LogP contribution in [0.2, 0.25) is 0 Å². The number of benzene rings is 2. The molecule has 0 saturated heterocycles. The van der Waals surface area contributed by atoms with Gasteiger partial charge in [-0.15, -0.1) is 0 Å². The Balaban J connectivity index is 1.97. The van der Waals surface area contributed by atoms with Crippen LogP contribution in [0.1, 0.15) is 41.1 Å². The van der Waals surface area contributed by atoms with Gasteiger partial charge < -0.3 is 23.7 Å². The molecule has 6 nitrogen and oxygen atoms in total. The van der Waals surface area contributed by atoms with Crippen LogP contribution < -0.4 is 18.9 Å². The monoisotopic (exact) mass is 414 g/mol. The fourth-order valence-corrected chi connectivity index (χ4v) is 4.32. The number of hydrogen-bond donors (Lipinski definition) is 0. The topological polar surface area (TPSA) is 63.2 Å². The number of methoxy groups -OCH3 is 5. The molecule has 1 fully saturated rings. The Labute approximate surface area is 178 Å². The van der Waals surface area contributed by atoms with Gasteiger partial charge in [0.2, 0.25) is 5.75 Å². The summed E-state index contributed by atoms with van der Waals surface area (Å²) < 4.78 is 27.2. The van der Waals surface area contributed by atoms with Crippen molar-refractivity contribution in [1.82, 2.24) is 0 Å². The second-order valence-electron chi connectivity index (χ2n) is 7.44. The SMILES string of the molecule is COc1ccc(C2CC(OC)CCC2C(=O)c2cc(OC)c(OC)c(OC)c2)cc1. The van der Waals surface area contributed by atoms with Crippen molar-refractivity contribution in [3.8, 4) is 23.0 Å². The van der Waals surface area contributed by atoms with Gasteiger partial charge in [0.05, 0.1) is 34.5 Å². The van der Waals surface area contributed by atoms with Crippen LogP contribution in [-0.4, -0.2) is 47.4 Å². The molecule has 0 aliphatic heterocycles. The average Bonchev–Trinajstić information content (AvgIpc) is 2.82. The lowest BCUT2D eigenvalue weighted by molar-refractivity contribution is 0.0430. The summed E-state index contributed by atoms with van der Waals surface area (Å²) in [5.74, 6) is 2.20. The van der Waals surface area contributed by atoms with Gasteiger partial charge in [0.25, 0.3) is 0 Å². The molecule has 1 saturated carbocycles. The summed E-state index contributed by atoms with van der Waals surface area (Å²) in [6, 6.07) is 11.4. The first-order chi connectivity index (χ1) is 14.6. The predicted octanol–water partition coefficient (Wildman–Crippen LogP) is 4.50. The van der Waals surface area contributed by atoms with Gasteiger partial charge in [-0.25, -0.2) is 0 Å². The molecular weight excluding hydrogens is 384 g/mol. The van der Waals surface area contributed by atoms with Crippen molar-refractivity contribution < 1.29 is 28.5 Å². The molecule has 0 aromatic heterocycles. The molecule has 6 heteroatoms. The normalized spacial score (nSPS) is 21.0. The minimum Gasteiger partial charge on any atom is -0.497 e. The summed E-state index contributed by atoms with van der Waals surface area (Å²) in [6.45, 7) is 0. The van der Waals surface area contributed by atoms with Gasteiger partial charge in [-0.3, -0.25) is 4.79 Å². The van der Waals surface area contributed by atoms with Gasteiger partial charge >= 0.3 is 0 Å². The summed E-state index contributed by atoms with van der Waals surface area (Å²) >= 11 is 0. The molecule has 0 N–H and O–H groups in total. The Morgan fingerprint density at radius 1 is 0.833 bits per heavy atom. The van der Waals surface area contributed by atoms with E-state index in [1.807, 2.05) is 24.3 Å². The van der Waals surface area contributed by atoms with Gasteiger partial charge in [-0.05, 0) is 55.0 Å². The smallest absolute Gasteiger partial charge is 0.203 e. The van der Waals surface area contributed by atoms with Crippen molar-refractivity contribution in [3.63, 3.8) is 0 Å². The number of carbonyl (C=O) groups is 1. The number of Topliss-reactive ketones (excluding diaryl/α,β-unsaturated/α-hetero) is 1. The Hall–Kier alpha value is -2.73. The summed E-state index contributed by atoms with van der Waals surface area (Å²) in [4.78, 5) is 13.6. The minimum atomic E-state index is -0.160. The fraction of sp³-hybridized carbons (Fsp3) is 0.458. The van der Waals surface area contributed by atoms with Crippen molar-refractivity contribution in [1.29, 1.82) is 0 Å². The van der Waals surface area contributed by atoms with E-state index in [-0.39, 0.29) is 23.7 Å². The Bertz CT molecular complexity index is 835. The van der Waals surface area contributed by atoms with Crippen LogP contribution in [0.25, 0.3) is 0 Å². The largest absolute Gasteiger partial charge is 0.497 e. The maximum absolute atomic E-state index is 13.6. The van der Waals surface area contributed by atoms with E-state index in [9.17, 15) is 4.79 Å². The van der Waals surface area contributed by atoms with Crippen LogP contribution in [0.4, 0.5) is 0 Å². The van der Waals surface area contributed by atoms with Crippen LogP contribution >= 0.6 is 0 Å². The van der Waals surface area contributed by atoms with Crippen molar-refractivity contribution in [3.05, 3.63) is 47.5 Å². The Morgan fingerprint density at radius 2 is 1.47 bits per heavy atom. The zero-order valence-electron chi connectivity index (χ0n) is 18.3. The fourth-order valence-electron chi connectivity index (χ4n) is 4.32. The Morgan fingerprint density at radius 3 is 1.97 bits per heavy atom. The molecule has 1 aliphatic rings. The summed E-state index contributed by atoms with van der Waals surface area (Å²) in [5.41, 5.74) is 1.67. The maximum atomic E-state index is 13.6. The van der Waals surface area contributed by atoms with Crippen molar-refractivity contribution in [2.45, 2.75) is 31.3 Å². The highest BCUT2D eigenvalue weighted by molar-refractivity contribution is 5.99. The summed E-state index contributed by atoms with van der Waals surface area (Å²) in [7, 11) is 8.03. The number of rotatable bonds is 8. The molecule has 1 aliphatic carbocycles. The molecule has 3 rings (SSSR count). The molecule has 2 aromatic rings. The number of carbonyl (C=O) groups excluding carboxylic acids is 1. The average molecular weight is 414 g/mol. The van der Waals surface area contributed by atoms with Crippen LogP contribution in [-0.2, 0) is 4.74 Å². The molecule has 162 valence electrons. The van der Waals surface area contributed by atoms with Gasteiger partial charge in [0, 0.05) is 18.6 Å². The van der Waals surface area contributed by atoms with E-state index >= 15 is 0 Å². The zero-order chi connectivity index (χ0) is 21.7. The predicted molar refractivity (Wildman–Crippen MR) is 114 cm³/mol. The van der Waals surface area contributed by atoms with Crippen LogP contribution in [0, 0.1) is 5.92 Å². The molecule has 3 unspecified atom stereocenters. The molecule has 0 heterocycles. The maximum Gasteiger partial charge on any atom is 0.203 e. The third-order valence-corrected chi connectivity index (χ3v) is 5.97. The summed E-state index contributed by atoms with van der Waals surface area (Å²) in [5, 5.41) is 0. The van der Waals surface area contributed by atoms with Crippen molar-refractivity contribution in [2.75, 3.05) is 35.5 Å². The molecule has 0 bridgehead atoms. The third kappa shape index (κ3) is 4.38. The van der Waals surface area contributed by atoms with Crippen molar-refractivity contribution in [2.24, 2.45) is 5.92 Å². The number of ketones is 1. The Kier molecular flexibility index (Phi) is 7.21. The molecule has 0 amide bonds. The quantitative estimate of drug-likeness (QED) is 0.593. The first-order valence-electron chi connectivity index (χ1n) is 10.1. The molecule has 0 radical (unpaired) electrons. The van der Waals surface area contributed by atoms with E-state index in [4.69, 9.17) is 23.7 Å². The third-order valence-electron chi connectivity index (χ3n) is 5.97. The van der Waals surface area contributed by atoms with Gasteiger partial charge in [-0.2, -0.15) is 0 Å². The molecular formula is C24H30O6.